The number of methoxy groups -OCH3 is 1. The summed E-state index contributed by atoms with van der Waals surface area (Å²) < 4.78 is 30.3. The SMILES string of the molecule is COC=NC(=O)c1c(F)cccc1F. The molecule has 0 saturated carbocycles. The van der Waals surface area contributed by atoms with Crippen molar-refractivity contribution >= 4 is 12.3 Å². The van der Waals surface area contributed by atoms with Gasteiger partial charge in [-0.25, -0.2) is 8.78 Å². The first kappa shape index (κ1) is 10.3. The van der Waals surface area contributed by atoms with Crippen molar-refractivity contribution in [3.05, 3.63) is 35.4 Å². The molecule has 3 nitrogen and oxygen atoms in total. The number of carbonyl (C=O) groups excluding carboxylic acids is 1. The highest BCUT2D eigenvalue weighted by Gasteiger charge is 2.15. The summed E-state index contributed by atoms with van der Waals surface area (Å²) in [6, 6.07) is 3.14. The molecule has 0 bridgehead atoms. The molecule has 0 spiro atoms. The van der Waals surface area contributed by atoms with Crippen molar-refractivity contribution in [2.75, 3.05) is 7.11 Å². The number of hydrogen-bond donors (Lipinski definition) is 0. The van der Waals surface area contributed by atoms with Crippen LogP contribution in [-0.4, -0.2) is 19.4 Å². The minimum absolute atomic E-state index is 0.680. The maximum Gasteiger partial charge on any atom is 0.285 e. The number of ether oxygens (including phenoxy) is 1. The normalized spacial score (nSPS) is 10.5. The molecule has 5 heteroatoms. The van der Waals surface area contributed by atoms with Gasteiger partial charge in [-0.3, -0.25) is 4.79 Å². The summed E-state index contributed by atoms with van der Waals surface area (Å²) in [5.74, 6) is -2.89. The van der Waals surface area contributed by atoms with Crippen molar-refractivity contribution in [1.82, 2.24) is 0 Å². The van der Waals surface area contributed by atoms with Gasteiger partial charge in [-0.1, -0.05) is 6.07 Å². The number of amides is 1. The van der Waals surface area contributed by atoms with E-state index in [9.17, 15) is 13.6 Å². The molecule has 1 rings (SSSR count). The minimum Gasteiger partial charge on any atom is -0.486 e. The van der Waals surface area contributed by atoms with Gasteiger partial charge < -0.3 is 4.74 Å². The summed E-state index contributed by atoms with van der Waals surface area (Å²) in [6.07, 6.45) is 0.814. The van der Waals surface area contributed by atoms with E-state index in [1.807, 2.05) is 0 Å². The fourth-order valence-electron chi connectivity index (χ4n) is 0.867. The third-order valence-electron chi connectivity index (χ3n) is 1.45. The first-order chi connectivity index (χ1) is 6.66. The maximum atomic E-state index is 13.0. The lowest BCUT2D eigenvalue weighted by Crippen LogP contribution is -2.03. The average Bonchev–Trinajstić information content (AvgIpc) is 2.14. The molecule has 0 saturated heterocycles. The van der Waals surface area contributed by atoms with E-state index in [4.69, 9.17) is 0 Å². The molecule has 0 atom stereocenters. The molecule has 0 N–H and O–H groups in total. The first-order valence-corrected chi connectivity index (χ1v) is 3.70. The van der Waals surface area contributed by atoms with Gasteiger partial charge in [-0.05, 0) is 12.1 Å². The monoisotopic (exact) mass is 199 g/mol. The molecule has 1 amide bonds. The van der Waals surface area contributed by atoms with Crippen molar-refractivity contribution in [1.29, 1.82) is 0 Å². The van der Waals surface area contributed by atoms with Crippen molar-refractivity contribution in [3.63, 3.8) is 0 Å². The Balaban J connectivity index is 3.06. The average molecular weight is 199 g/mol. The van der Waals surface area contributed by atoms with Crippen LogP contribution in [0.2, 0.25) is 0 Å². The van der Waals surface area contributed by atoms with Gasteiger partial charge in [0.1, 0.15) is 17.2 Å². The van der Waals surface area contributed by atoms with Crippen LogP contribution >= 0.6 is 0 Å². The Morgan fingerprint density at radius 1 is 1.43 bits per heavy atom. The van der Waals surface area contributed by atoms with Gasteiger partial charge in [0.25, 0.3) is 5.91 Å². The Bertz CT molecular complexity index is 357. The van der Waals surface area contributed by atoms with Crippen LogP contribution in [0.3, 0.4) is 0 Å². The van der Waals surface area contributed by atoms with Gasteiger partial charge in [0, 0.05) is 0 Å². The molecule has 0 fully saturated rings. The first-order valence-electron chi connectivity index (χ1n) is 3.70. The molecule has 1 aromatic rings. The zero-order valence-electron chi connectivity index (χ0n) is 7.33. The van der Waals surface area contributed by atoms with Crippen LogP contribution in [0.1, 0.15) is 10.4 Å². The number of hydrogen-bond acceptors (Lipinski definition) is 2. The van der Waals surface area contributed by atoms with Gasteiger partial charge in [0.15, 0.2) is 6.40 Å². The molecule has 0 heterocycles. The molecule has 0 aliphatic carbocycles. The summed E-state index contributed by atoms with van der Waals surface area (Å²) in [5, 5.41) is 0. The fraction of sp³-hybridized carbons (Fsp3) is 0.111. The van der Waals surface area contributed by atoms with Crippen molar-refractivity contribution in [2.24, 2.45) is 4.99 Å². The quantitative estimate of drug-likeness (QED) is 0.538. The second-order valence-corrected chi connectivity index (χ2v) is 2.37. The topological polar surface area (TPSA) is 38.7 Å². The molecule has 0 unspecified atom stereocenters. The van der Waals surface area contributed by atoms with Crippen molar-refractivity contribution in [2.45, 2.75) is 0 Å². The third kappa shape index (κ3) is 2.12. The predicted molar refractivity (Wildman–Crippen MR) is 46.2 cm³/mol. The van der Waals surface area contributed by atoms with Gasteiger partial charge in [0.2, 0.25) is 0 Å². The van der Waals surface area contributed by atoms with Crippen molar-refractivity contribution in [3.8, 4) is 0 Å². The van der Waals surface area contributed by atoms with Crippen LogP contribution in [0.4, 0.5) is 8.78 Å². The smallest absolute Gasteiger partial charge is 0.285 e. The van der Waals surface area contributed by atoms with E-state index in [1.54, 1.807) is 0 Å². The summed E-state index contributed by atoms with van der Waals surface area (Å²) in [6.45, 7) is 0. The summed E-state index contributed by atoms with van der Waals surface area (Å²) in [4.78, 5) is 14.3. The van der Waals surface area contributed by atoms with Crippen LogP contribution in [0.5, 0.6) is 0 Å². The number of aliphatic imine (C=N–C) groups is 1. The fourth-order valence-corrected chi connectivity index (χ4v) is 0.867. The Morgan fingerprint density at radius 3 is 2.50 bits per heavy atom. The highest BCUT2D eigenvalue weighted by molar-refractivity contribution is 5.98. The minimum atomic E-state index is -1.01. The molecule has 0 radical (unpaired) electrons. The lowest BCUT2D eigenvalue weighted by atomic mass is 10.2. The number of benzene rings is 1. The van der Waals surface area contributed by atoms with E-state index in [0.29, 0.717) is 0 Å². The molecule has 14 heavy (non-hydrogen) atoms. The van der Waals surface area contributed by atoms with Crippen LogP contribution in [-0.2, 0) is 4.74 Å². The molecule has 0 aromatic heterocycles. The van der Waals surface area contributed by atoms with E-state index >= 15 is 0 Å². The second kappa shape index (κ2) is 4.45. The number of rotatable bonds is 2. The molecular formula is C9H7F2NO2. The second-order valence-electron chi connectivity index (χ2n) is 2.37. The van der Waals surface area contributed by atoms with Crippen LogP contribution < -0.4 is 0 Å². The number of carbonyl (C=O) groups is 1. The summed E-state index contributed by atoms with van der Waals surface area (Å²) >= 11 is 0. The molecular weight excluding hydrogens is 192 g/mol. The Labute approximate surface area is 79.0 Å². The van der Waals surface area contributed by atoms with E-state index in [-0.39, 0.29) is 0 Å². The van der Waals surface area contributed by atoms with Gasteiger partial charge in [-0.15, -0.1) is 0 Å². The van der Waals surface area contributed by atoms with E-state index in [0.717, 1.165) is 18.5 Å². The molecule has 74 valence electrons. The highest BCUT2D eigenvalue weighted by Crippen LogP contribution is 2.12. The van der Waals surface area contributed by atoms with E-state index in [1.165, 1.54) is 13.2 Å². The van der Waals surface area contributed by atoms with Crippen LogP contribution in [0.25, 0.3) is 0 Å². The van der Waals surface area contributed by atoms with Crippen LogP contribution in [0.15, 0.2) is 23.2 Å². The summed E-state index contributed by atoms with van der Waals surface area (Å²) in [5.41, 5.74) is -0.680. The van der Waals surface area contributed by atoms with Crippen molar-refractivity contribution < 1.29 is 18.3 Å². The predicted octanol–water partition coefficient (Wildman–Crippen LogP) is 1.78. The largest absolute Gasteiger partial charge is 0.486 e. The zero-order valence-corrected chi connectivity index (χ0v) is 7.33. The van der Waals surface area contributed by atoms with E-state index < -0.39 is 23.1 Å². The number of halogens is 2. The molecule has 1 aromatic carbocycles. The Morgan fingerprint density at radius 2 is 2.00 bits per heavy atom. The number of nitrogens with zero attached hydrogens (tertiary/aromatic N) is 1. The Kier molecular flexibility index (Phi) is 3.28. The van der Waals surface area contributed by atoms with Gasteiger partial charge in [-0.2, -0.15) is 4.99 Å². The summed E-state index contributed by atoms with van der Waals surface area (Å²) in [7, 11) is 1.27. The molecule has 0 aliphatic heterocycles. The Hall–Kier alpha value is -1.78. The highest BCUT2D eigenvalue weighted by atomic mass is 19.1. The lowest BCUT2D eigenvalue weighted by Gasteiger charge is -1.98. The standard InChI is InChI=1S/C9H7F2NO2/c1-14-5-12-9(13)8-6(10)3-2-4-7(8)11/h2-5H,1H3. The van der Waals surface area contributed by atoms with Crippen LogP contribution in [0, 0.1) is 11.6 Å². The zero-order chi connectivity index (χ0) is 10.6. The lowest BCUT2D eigenvalue weighted by molar-refractivity contribution is 0.0993. The van der Waals surface area contributed by atoms with E-state index in [2.05, 4.69) is 9.73 Å². The van der Waals surface area contributed by atoms with Gasteiger partial charge in [0.05, 0.1) is 7.11 Å². The third-order valence-corrected chi connectivity index (χ3v) is 1.45. The van der Waals surface area contributed by atoms with Gasteiger partial charge >= 0.3 is 0 Å². The molecule has 0 aliphatic rings. The maximum absolute atomic E-state index is 13.0.